The van der Waals surface area contributed by atoms with Crippen LogP contribution in [0.2, 0.25) is 0 Å². The number of guanidine groups is 1. The molecule has 0 radical (unpaired) electrons. The standard InChI is InChI=1S/C21H37N5O/c1-19-8-6-9-20(18-19)26-15-13-25(14-16-26)12-5-4-10-23-21(22-2)24-11-7-17-27-3/h6,8-9,18H,4-5,7,10-17H2,1-3H3,(H2,22,23,24). The van der Waals surface area contributed by atoms with E-state index < -0.39 is 0 Å². The number of nitrogens with one attached hydrogen (secondary N) is 2. The van der Waals surface area contributed by atoms with Crippen LogP contribution in [0.3, 0.4) is 0 Å². The maximum atomic E-state index is 5.06. The first-order valence-electron chi connectivity index (χ1n) is 10.2. The average molecular weight is 376 g/mol. The van der Waals surface area contributed by atoms with E-state index in [9.17, 15) is 0 Å². The molecule has 152 valence electrons. The van der Waals surface area contributed by atoms with E-state index in [0.29, 0.717) is 0 Å². The summed E-state index contributed by atoms with van der Waals surface area (Å²) in [6, 6.07) is 8.84. The summed E-state index contributed by atoms with van der Waals surface area (Å²) < 4.78 is 5.06. The molecule has 1 aromatic rings. The zero-order chi connectivity index (χ0) is 19.3. The molecule has 27 heavy (non-hydrogen) atoms. The molecule has 6 heteroatoms. The quantitative estimate of drug-likeness (QED) is 0.373. The van der Waals surface area contributed by atoms with E-state index in [1.165, 1.54) is 24.2 Å². The van der Waals surface area contributed by atoms with E-state index in [4.69, 9.17) is 4.74 Å². The van der Waals surface area contributed by atoms with Crippen LogP contribution in [0.25, 0.3) is 0 Å². The molecule has 0 unspecified atom stereocenters. The number of methoxy groups -OCH3 is 1. The third kappa shape index (κ3) is 8.18. The molecule has 0 saturated carbocycles. The van der Waals surface area contributed by atoms with Gasteiger partial charge in [-0.3, -0.25) is 9.89 Å². The van der Waals surface area contributed by atoms with E-state index in [0.717, 1.165) is 64.7 Å². The Balaban J connectivity index is 1.54. The fourth-order valence-electron chi connectivity index (χ4n) is 3.37. The van der Waals surface area contributed by atoms with E-state index in [-0.39, 0.29) is 0 Å². The van der Waals surface area contributed by atoms with Gasteiger partial charge >= 0.3 is 0 Å². The van der Waals surface area contributed by atoms with Crippen molar-refractivity contribution in [3.8, 4) is 0 Å². The van der Waals surface area contributed by atoms with E-state index >= 15 is 0 Å². The number of ether oxygens (including phenoxy) is 1. The molecular weight excluding hydrogens is 338 g/mol. The first-order valence-corrected chi connectivity index (χ1v) is 10.2. The van der Waals surface area contributed by atoms with Gasteiger partial charge in [-0.25, -0.2) is 0 Å². The summed E-state index contributed by atoms with van der Waals surface area (Å²) in [5.74, 6) is 0.887. The molecule has 1 aliphatic heterocycles. The predicted octanol–water partition coefficient (Wildman–Crippen LogP) is 2.10. The third-order valence-electron chi connectivity index (χ3n) is 4.97. The van der Waals surface area contributed by atoms with E-state index in [1.54, 1.807) is 7.11 Å². The topological polar surface area (TPSA) is 52.1 Å². The second-order valence-electron chi connectivity index (χ2n) is 7.15. The molecule has 6 nitrogen and oxygen atoms in total. The Kier molecular flexibility index (Phi) is 10.0. The Morgan fingerprint density at radius 3 is 2.48 bits per heavy atom. The van der Waals surface area contributed by atoms with Crippen molar-refractivity contribution in [3.63, 3.8) is 0 Å². The fourth-order valence-corrected chi connectivity index (χ4v) is 3.37. The number of rotatable bonds is 10. The summed E-state index contributed by atoms with van der Waals surface area (Å²) in [7, 11) is 3.55. The summed E-state index contributed by atoms with van der Waals surface area (Å²) >= 11 is 0. The lowest BCUT2D eigenvalue weighted by Crippen LogP contribution is -2.46. The Morgan fingerprint density at radius 2 is 1.81 bits per heavy atom. The van der Waals surface area contributed by atoms with Crippen LogP contribution in [0.5, 0.6) is 0 Å². The van der Waals surface area contributed by atoms with Crippen LogP contribution in [0.15, 0.2) is 29.3 Å². The molecule has 2 N–H and O–H groups in total. The Hall–Kier alpha value is -1.79. The maximum Gasteiger partial charge on any atom is 0.190 e. The number of unbranched alkanes of at least 4 members (excludes halogenated alkanes) is 1. The smallest absolute Gasteiger partial charge is 0.190 e. The van der Waals surface area contributed by atoms with Gasteiger partial charge in [0.25, 0.3) is 0 Å². The first kappa shape index (κ1) is 21.5. The molecule has 1 saturated heterocycles. The van der Waals surface area contributed by atoms with Gasteiger partial charge in [0.1, 0.15) is 0 Å². The van der Waals surface area contributed by atoms with Crippen LogP contribution < -0.4 is 15.5 Å². The van der Waals surface area contributed by atoms with Gasteiger partial charge in [-0.05, 0) is 50.4 Å². The SMILES string of the molecule is CN=C(NCCCCN1CCN(c2cccc(C)c2)CC1)NCCCOC. The van der Waals surface area contributed by atoms with Crippen molar-refractivity contribution in [2.24, 2.45) is 4.99 Å². The van der Waals surface area contributed by atoms with Crippen molar-refractivity contribution in [1.29, 1.82) is 0 Å². The normalized spacial score (nSPS) is 15.8. The van der Waals surface area contributed by atoms with E-state index in [1.807, 2.05) is 7.05 Å². The van der Waals surface area contributed by atoms with Gasteiger partial charge in [-0.15, -0.1) is 0 Å². The highest BCUT2D eigenvalue weighted by Gasteiger charge is 2.16. The van der Waals surface area contributed by atoms with Gasteiger partial charge in [-0.2, -0.15) is 0 Å². The third-order valence-corrected chi connectivity index (χ3v) is 4.97. The van der Waals surface area contributed by atoms with Crippen LogP contribution in [0.4, 0.5) is 5.69 Å². The molecule has 0 amide bonds. The summed E-state index contributed by atoms with van der Waals surface area (Å²) in [6.45, 7) is 10.5. The second-order valence-corrected chi connectivity index (χ2v) is 7.15. The van der Waals surface area contributed by atoms with Crippen molar-refractivity contribution >= 4 is 11.6 Å². The minimum atomic E-state index is 0.779. The maximum absolute atomic E-state index is 5.06. The molecule has 0 aliphatic carbocycles. The van der Waals surface area contributed by atoms with Crippen molar-refractivity contribution < 1.29 is 4.74 Å². The molecule has 0 atom stereocenters. The number of nitrogens with zero attached hydrogens (tertiary/aromatic N) is 3. The number of benzene rings is 1. The van der Waals surface area contributed by atoms with Crippen LogP contribution in [-0.4, -0.2) is 77.4 Å². The first-order chi connectivity index (χ1) is 13.2. The highest BCUT2D eigenvalue weighted by atomic mass is 16.5. The van der Waals surface area contributed by atoms with Crippen molar-refractivity contribution in [1.82, 2.24) is 15.5 Å². The molecular formula is C21H37N5O. The summed E-state index contributed by atoms with van der Waals surface area (Å²) in [6.07, 6.45) is 3.38. The number of aryl methyl sites for hydroxylation is 1. The molecule has 1 fully saturated rings. The van der Waals surface area contributed by atoms with Gasteiger partial charge in [0.2, 0.25) is 0 Å². The molecule has 0 bridgehead atoms. The molecule has 1 heterocycles. The highest BCUT2D eigenvalue weighted by molar-refractivity contribution is 5.79. The molecule has 0 aromatic heterocycles. The Morgan fingerprint density at radius 1 is 1.07 bits per heavy atom. The Bertz CT molecular complexity index is 555. The predicted molar refractivity (Wildman–Crippen MR) is 115 cm³/mol. The zero-order valence-corrected chi connectivity index (χ0v) is 17.3. The number of aliphatic imine (C=N–C) groups is 1. The largest absolute Gasteiger partial charge is 0.385 e. The highest BCUT2D eigenvalue weighted by Crippen LogP contribution is 2.17. The second kappa shape index (κ2) is 12.6. The zero-order valence-electron chi connectivity index (χ0n) is 17.3. The van der Waals surface area contributed by atoms with Gasteiger partial charge in [0.05, 0.1) is 0 Å². The van der Waals surface area contributed by atoms with E-state index in [2.05, 4.69) is 56.6 Å². The van der Waals surface area contributed by atoms with Crippen LogP contribution in [-0.2, 0) is 4.74 Å². The molecule has 2 rings (SSSR count). The lowest BCUT2D eigenvalue weighted by Gasteiger charge is -2.36. The number of piperazine rings is 1. The summed E-state index contributed by atoms with van der Waals surface area (Å²) in [5, 5.41) is 6.70. The average Bonchev–Trinajstić information content (AvgIpc) is 2.70. The minimum Gasteiger partial charge on any atom is -0.385 e. The Labute approximate surface area is 165 Å². The van der Waals surface area contributed by atoms with Gasteiger partial charge in [-0.1, -0.05) is 12.1 Å². The number of hydrogen-bond donors (Lipinski definition) is 2. The van der Waals surface area contributed by atoms with Gasteiger partial charge < -0.3 is 20.3 Å². The lowest BCUT2D eigenvalue weighted by molar-refractivity contribution is 0.195. The minimum absolute atomic E-state index is 0.779. The number of hydrogen-bond acceptors (Lipinski definition) is 4. The van der Waals surface area contributed by atoms with Gasteiger partial charge in [0.15, 0.2) is 5.96 Å². The lowest BCUT2D eigenvalue weighted by atomic mass is 10.2. The van der Waals surface area contributed by atoms with Crippen LogP contribution in [0, 0.1) is 6.92 Å². The fraction of sp³-hybridized carbons (Fsp3) is 0.667. The van der Waals surface area contributed by atoms with Crippen LogP contribution >= 0.6 is 0 Å². The van der Waals surface area contributed by atoms with Crippen molar-refractivity contribution in [2.75, 3.05) is 71.5 Å². The van der Waals surface area contributed by atoms with Crippen molar-refractivity contribution in [3.05, 3.63) is 29.8 Å². The number of anilines is 1. The molecule has 1 aliphatic rings. The monoisotopic (exact) mass is 375 g/mol. The molecule has 1 aromatic carbocycles. The van der Waals surface area contributed by atoms with Crippen molar-refractivity contribution in [2.45, 2.75) is 26.2 Å². The summed E-state index contributed by atoms with van der Waals surface area (Å²) in [4.78, 5) is 9.35. The van der Waals surface area contributed by atoms with Crippen LogP contribution in [0.1, 0.15) is 24.8 Å². The summed E-state index contributed by atoms with van der Waals surface area (Å²) in [5.41, 5.74) is 2.70. The van der Waals surface area contributed by atoms with Gasteiger partial charge in [0, 0.05) is 65.7 Å². The molecule has 0 spiro atoms.